The predicted octanol–water partition coefficient (Wildman–Crippen LogP) is -1.83. The molecule has 0 saturated heterocycles. The van der Waals surface area contributed by atoms with Gasteiger partial charge in [-0.25, -0.2) is 4.79 Å². The molecule has 21 heavy (non-hydrogen) atoms. The van der Waals surface area contributed by atoms with E-state index < -0.39 is 36.4 Å². The second-order valence-electron chi connectivity index (χ2n) is 4.50. The minimum Gasteiger partial charge on any atom is -0.481 e. The monoisotopic (exact) mass is 308 g/mol. The number of amides is 1. The highest BCUT2D eigenvalue weighted by Gasteiger charge is 2.40. The molecule has 10 heteroatoms. The van der Waals surface area contributed by atoms with E-state index in [1.165, 1.54) is 0 Å². The first kappa shape index (κ1) is 21.1. The Morgan fingerprint density at radius 2 is 1.38 bits per heavy atom. The summed E-state index contributed by atoms with van der Waals surface area (Å²) < 4.78 is 0. The lowest BCUT2D eigenvalue weighted by Crippen LogP contribution is -2.42. The third kappa shape index (κ3) is 12.6. The third-order valence-corrected chi connectivity index (χ3v) is 2.09. The summed E-state index contributed by atoms with van der Waals surface area (Å²) >= 11 is 0. The maximum absolute atomic E-state index is 10.3. The van der Waals surface area contributed by atoms with Gasteiger partial charge in [-0.1, -0.05) is 0 Å². The Morgan fingerprint density at radius 1 is 1.00 bits per heavy atom. The first-order valence-electron chi connectivity index (χ1n) is 5.73. The molecule has 0 atom stereocenters. The van der Waals surface area contributed by atoms with Gasteiger partial charge in [-0.05, 0) is 14.1 Å². The normalized spacial score (nSPS) is 10.5. The fraction of sp³-hybridized carbons (Fsp3) is 0.636. The van der Waals surface area contributed by atoms with Crippen LogP contribution in [0.5, 0.6) is 0 Å². The van der Waals surface area contributed by atoms with E-state index in [0.717, 1.165) is 6.54 Å². The maximum Gasteiger partial charge on any atom is 0.336 e. The number of carboxylic acid groups (broad SMARTS) is 3. The van der Waals surface area contributed by atoms with Crippen molar-refractivity contribution < 1.29 is 39.6 Å². The highest BCUT2D eigenvalue weighted by atomic mass is 16.4. The number of hydrogen-bond donors (Lipinski definition) is 5. The molecule has 0 aliphatic carbocycles. The molecule has 0 fully saturated rings. The number of nitrogens with two attached hydrogens (primary N) is 1. The molecule has 6 N–H and O–H groups in total. The summed E-state index contributed by atoms with van der Waals surface area (Å²) in [6.07, 6.45) is -1.84. The molecule has 0 aromatic heterocycles. The number of carboxylic acids is 3. The first-order chi connectivity index (χ1) is 9.40. The number of aliphatic carboxylic acids is 3. The van der Waals surface area contributed by atoms with Gasteiger partial charge in [0, 0.05) is 13.0 Å². The Hall–Kier alpha value is -2.20. The predicted molar refractivity (Wildman–Crippen MR) is 69.5 cm³/mol. The lowest BCUT2D eigenvalue weighted by molar-refractivity contribution is -0.170. The van der Waals surface area contributed by atoms with Crippen LogP contribution in [0.4, 0.5) is 0 Å². The molecule has 122 valence electrons. The Kier molecular flexibility index (Phi) is 9.71. The Bertz CT molecular complexity index is 378. The zero-order valence-electron chi connectivity index (χ0n) is 11.8. The number of rotatable bonds is 8. The average molecular weight is 308 g/mol. The van der Waals surface area contributed by atoms with Crippen LogP contribution in [0.2, 0.25) is 0 Å². The first-order valence-corrected chi connectivity index (χ1v) is 5.73. The van der Waals surface area contributed by atoms with Gasteiger partial charge in [0.1, 0.15) is 0 Å². The lowest BCUT2D eigenvalue weighted by atomic mass is 9.96. The van der Waals surface area contributed by atoms with E-state index in [2.05, 4.69) is 0 Å². The minimum absolute atomic E-state index is 0.237. The van der Waals surface area contributed by atoms with Crippen molar-refractivity contribution in [3.05, 3.63) is 0 Å². The maximum atomic E-state index is 10.3. The van der Waals surface area contributed by atoms with Gasteiger partial charge in [0.2, 0.25) is 5.91 Å². The quantitative estimate of drug-likeness (QED) is 0.345. The minimum atomic E-state index is -2.74. The molecule has 0 bridgehead atoms. The molecule has 0 saturated carbocycles. The van der Waals surface area contributed by atoms with Crippen LogP contribution < -0.4 is 5.73 Å². The van der Waals surface area contributed by atoms with E-state index in [9.17, 15) is 19.2 Å². The highest BCUT2D eigenvalue weighted by molar-refractivity contribution is 5.88. The van der Waals surface area contributed by atoms with E-state index in [1.807, 2.05) is 19.0 Å². The number of carbonyl (C=O) groups excluding carboxylic acids is 1. The summed E-state index contributed by atoms with van der Waals surface area (Å²) in [7, 11) is 3.81. The van der Waals surface area contributed by atoms with Crippen molar-refractivity contribution in [2.24, 2.45) is 5.73 Å². The van der Waals surface area contributed by atoms with Gasteiger partial charge in [-0.2, -0.15) is 0 Å². The van der Waals surface area contributed by atoms with Crippen LogP contribution in [-0.4, -0.2) is 75.4 Å². The topological polar surface area (TPSA) is 178 Å². The molecule has 0 rings (SSSR count). The molecule has 0 aliphatic rings. The van der Waals surface area contributed by atoms with Gasteiger partial charge in [-0.3, -0.25) is 14.4 Å². The van der Waals surface area contributed by atoms with Crippen LogP contribution in [0.15, 0.2) is 0 Å². The van der Waals surface area contributed by atoms with Gasteiger partial charge < -0.3 is 31.1 Å². The van der Waals surface area contributed by atoms with E-state index in [4.69, 9.17) is 26.2 Å². The van der Waals surface area contributed by atoms with Crippen LogP contribution in [0.25, 0.3) is 0 Å². The molecule has 0 unspecified atom stereocenters. The van der Waals surface area contributed by atoms with E-state index >= 15 is 0 Å². The standard InChI is InChI=1S/C6H8O7.C5H12N2O/c7-3(8)1-6(13,5(11)12)2-4(9)10;1-7(2)4-3-5(6)8/h13H,1-2H2,(H,7,8)(H,9,10)(H,11,12);3-4H2,1-2H3,(H2,6,8). The number of carbonyl (C=O) groups is 4. The number of hydrogen-bond acceptors (Lipinski definition) is 6. The summed E-state index contributed by atoms with van der Waals surface area (Å²) in [6.45, 7) is 0.745. The SMILES string of the molecule is CN(C)CCC(N)=O.O=C(O)CC(O)(CC(=O)O)C(=O)O. The van der Waals surface area contributed by atoms with Gasteiger partial charge >= 0.3 is 17.9 Å². The zero-order chi connectivity index (χ0) is 17.2. The molecule has 0 aromatic rings. The van der Waals surface area contributed by atoms with Crippen LogP contribution in [0, 0.1) is 0 Å². The second-order valence-corrected chi connectivity index (χ2v) is 4.50. The molecule has 0 aromatic carbocycles. The largest absolute Gasteiger partial charge is 0.481 e. The summed E-state index contributed by atoms with van der Waals surface area (Å²) in [6, 6.07) is 0. The van der Waals surface area contributed by atoms with Crippen molar-refractivity contribution in [3.63, 3.8) is 0 Å². The molecule has 0 radical (unpaired) electrons. The number of primary amides is 1. The van der Waals surface area contributed by atoms with Crippen LogP contribution in [0.3, 0.4) is 0 Å². The Balaban J connectivity index is 0. The molecule has 10 nitrogen and oxygen atoms in total. The molecule has 0 aliphatic heterocycles. The number of nitrogens with zero attached hydrogens (tertiary/aromatic N) is 1. The summed E-state index contributed by atoms with van der Waals surface area (Å²) in [5.74, 6) is -5.26. The third-order valence-electron chi connectivity index (χ3n) is 2.09. The average Bonchev–Trinajstić information content (AvgIpc) is 2.24. The van der Waals surface area contributed by atoms with E-state index in [1.54, 1.807) is 0 Å². The number of aliphatic hydroxyl groups is 1. The van der Waals surface area contributed by atoms with Crippen LogP contribution in [0.1, 0.15) is 19.3 Å². The van der Waals surface area contributed by atoms with Crippen LogP contribution in [-0.2, 0) is 19.2 Å². The molecule has 0 spiro atoms. The van der Waals surface area contributed by atoms with Gasteiger partial charge in [0.25, 0.3) is 0 Å². The smallest absolute Gasteiger partial charge is 0.336 e. The fourth-order valence-corrected chi connectivity index (χ4v) is 1.05. The molecule has 1 amide bonds. The fourth-order valence-electron chi connectivity index (χ4n) is 1.05. The lowest BCUT2D eigenvalue weighted by Gasteiger charge is -2.18. The van der Waals surface area contributed by atoms with E-state index in [0.29, 0.717) is 6.42 Å². The van der Waals surface area contributed by atoms with Crippen molar-refractivity contribution in [1.82, 2.24) is 4.90 Å². The summed E-state index contributed by atoms with van der Waals surface area (Å²) in [5.41, 5.74) is 2.14. The highest BCUT2D eigenvalue weighted by Crippen LogP contribution is 2.15. The summed E-state index contributed by atoms with van der Waals surface area (Å²) in [4.78, 5) is 42.5. The Labute approximate surface area is 120 Å². The second kappa shape index (κ2) is 9.66. The van der Waals surface area contributed by atoms with Crippen molar-refractivity contribution >= 4 is 23.8 Å². The summed E-state index contributed by atoms with van der Waals surface area (Å²) in [5, 5.41) is 33.8. The van der Waals surface area contributed by atoms with Crippen molar-refractivity contribution in [2.45, 2.75) is 24.9 Å². The Morgan fingerprint density at radius 3 is 1.52 bits per heavy atom. The molecular formula is C11H20N2O8. The molecular weight excluding hydrogens is 288 g/mol. The van der Waals surface area contributed by atoms with Gasteiger partial charge in [-0.15, -0.1) is 0 Å². The van der Waals surface area contributed by atoms with Crippen molar-refractivity contribution in [1.29, 1.82) is 0 Å². The zero-order valence-corrected chi connectivity index (χ0v) is 11.8. The van der Waals surface area contributed by atoms with Crippen LogP contribution >= 0.6 is 0 Å². The van der Waals surface area contributed by atoms with Gasteiger partial charge in [0.15, 0.2) is 5.60 Å². The van der Waals surface area contributed by atoms with Crippen molar-refractivity contribution in [3.8, 4) is 0 Å². The van der Waals surface area contributed by atoms with Gasteiger partial charge in [0.05, 0.1) is 12.8 Å². The van der Waals surface area contributed by atoms with Crippen molar-refractivity contribution in [2.75, 3.05) is 20.6 Å². The van der Waals surface area contributed by atoms with E-state index in [-0.39, 0.29) is 5.91 Å². The molecule has 0 heterocycles.